The van der Waals surface area contributed by atoms with Gasteiger partial charge in [0.15, 0.2) is 12.3 Å². The lowest BCUT2D eigenvalue weighted by atomic mass is 10.2. The molecule has 8 heteroatoms. The van der Waals surface area contributed by atoms with Gasteiger partial charge in [-0.15, -0.1) is 0 Å². The monoisotopic (exact) mass is 399 g/mol. The van der Waals surface area contributed by atoms with Crippen LogP contribution in [0.2, 0.25) is 0 Å². The first kappa shape index (κ1) is 20.6. The number of carbonyl (C=O) groups is 2. The van der Waals surface area contributed by atoms with Gasteiger partial charge < -0.3 is 14.4 Å². The Hall–Kier alpha value is -3.16. The summed E-state index contributed by atoms with van der Waals surface area (Å²) in [6.45, 7) is 2.41. The molecule has 1 aromatic carbocycles. The second-order valence-electron chi connectivity index (χ2n) is 6.96. The molecule has 0 bridgehead atoms. The molecule has 0 saturated heterocycles. The fourth-order valence-corrected chi connectivity index (χ4v) is 2.95. The highest BCUT2D eigenvalue weighted by Crippen LogP contribution is 2.28. The number of rotatable bonds is 9. The van der Waals surface area contributed by atoms with E-state index in [-0.39, 0.29) is 29.8 Å². The Morgan fingerprint density at radius 2 is 1.90 bits per heavy atom. The molecule has 0 N–H and O–H groups in total. The molecule has 1 fully saturated rings. The zero-order chi connectivity index (χ0) is 20.8. The van der Waals surface area contributed by atoms with E-state index >= 15 is 0 Å². The van der Waals surface area contributed by atoms with Crippen molar-refractivity contribution >= 4 is 11.9 Å². The van der Waals surface area contributed by atoms with Crippen LogP contribution in [0.15, 0.2) is 41.2 Å². The Morgan fingerprint density at radius 1 is 1.17 bits per heavy atom. The fraction of sp³-hybridized carbons (Fsp3) is 0.429. The molecule has 1 heterocycles. The highest BCUT2D eigenvalue weighted by Gasteiger charge is 2.33. The predicted molar refractivity (Wildman–Crippen MR) is 106 cm³/mol. The minimum Gasteiger partial charge on any atom is -0.497 e. The van der Waals surface area contributed by atoms with Crippen molar-refractivity contribution < 1.29 is 19.1 Å². The van der Waals surface area contributed by atoms with Crippen LogP contribution >= 0.6 is 0 Å². The van der Waals surface area contributed by atoms with Crippen LogP contribution < -0.4 is 10.3 Å². The number of aryl methyl sites for hydroxylation is 1. The normalized spacial score (nSPS) is 13.0. The molecule has 0 radical (unpaired) electrons. The highest BCUT2D eigenvalue weighted by atomic mass is 16.5. The van der Waals surface area contributed by atoms with Crippen molar-refractivity contribution in [3.8, 4) is 5.75 Å². The zero-order valence-corrected chi connectivity index (χ0v) is 16.7. The van der Waals surface area contributed by atoms with Crippen LogP contribution in [-0.4, -0.2) is 46.3 Å². The SMILES string of the molecule is CCCn1nc(C(=O)OCC(=O)N(Cc2ccc(OC)cc2)C2CC2)ccc1=O. The van der Waals surface area contributed by atoms with Crippen molar-refractivity contribution in [2.75, 3.05) is 13.7 Å². The van der Waals surface area contributed by atoms with Crippen LogP contribution in [0, 0.1) is 0 Å². The lowest BCUT2D eigenvalue weighted by Crippen LogP contribution is -2.36. The first-order valence-corrected chi connectivity index (χ1v) is 9.69. The molecule has 154 valence electrons. The van der Waals surface area contributed by atoms with Crippen LogP contribution in [0.25, 0.3) is 0 Å². The molecule has 0 spiro atoms. The maximum absolute atomic E-state index is 12.7. The fourth-order valence-electron chi connectivity index (χ4n) is 2.95. The maximum atomic E-state index is 12.7. The van der Waals surface area contributed by atoms with E-state index in [9.17, 15) is 14.4 Å². The smallest absolute Gasteiger partial charge is 0.359 e. The van der Waals surface area contributed by atoms with E-state index < -0.39 is 5.97 Å². The van der Waals surface area contributed by atoms with Crippen molar-refractivity contribution in [1.82, 2.24) is 14.7 Å². The Bertz CT molecular complexity index is 919. The first-order valence-electron chi connectivity index (χ1n) is 9.69. The minimum atomic E-state index is -0.719. The van der Waals surface area contributed by atoms with E-state index in [2.05, 4.69) is 5.10 Å². The molecule has 2 aromatic rings. The van der Waals surface area contributed by atoms with E-state index in [0.29, 0.717) is 19.5 Å². The van der Waals surface area contributed by atoms with Crippen molar-refractivity contribution in [1.29, 1.82) is 0 Å². The summed E-state index contributed by atoms with van der Waals surface area (Å²) in [5.41, 5.74) is 0.712. The van der Waals surface area contributed by atoms with Gasteiger partial charge in [-0.25, -0.2) is 9.48 Å². The van der Waals surface area contributed by atoms with Crippen molar-refractivity contribution in [2.45, 2.75) is 45.3 Å². The zero-order valence-electron chi connectivity index (χ0n) is 16.7. The minimum absolute atomic E-state index is 0.0129. The number of nitrogens with zero attached hydrogens (tertiary/aromatic N) is 3. The number of benzene rings is 1. The van der Waals surface area contributed by atoms with Crippen molar-refractivity contribution in [2.24, 2.45) is 0 Å². The summed E-state index contributed by atoms with van der Waals surface area (Å²) in [5.74, 6) is -0.217. The van der Waals surface area contributed by atoms with Gasteiger partial charge in [0.05, 0.1) is 7.11 Å². The van der Waals surface area contributed by atoms with Gasteiger partial charge in [0.25, 0.3) is 11.5 Å². The summed E-state index contributed by atoms with van der Waals surface area (Å²) in [4.78, 5) is 38.4. The van der Waals surface area contributed by atoms with Gasteiger partial charge in [0.1, 0.15) is 5.75 Å². The standard InChI is InChI=1S/C21H25N3O5/c1-3-12-24-19(25)11-10-18(22-24)21(27)29-14-20(26)23(16-6-7-16)13-15-4-8-17(28-2)9-5-15/h4-5,8-11,16H,3,6-7,12-14H2,1-2H3. The third-order valence-corrected chi connectivity index (χ3v) is 4.66. The number of methoxy groups -OCH3 is 1. The molecule has 1 amide bonds. The number of hydrogen-bond donors (Lipinski definition) is 0. The molecule has 0 atom stereocenters. The number of esters is 1. The summed E-state index contributed by atoms with van der Waals surface area (Å²) in [7, 11) is 1.60. The molecule has 1 aliphatic carbocycles. The molecule has 0 aliphatic heterocycles. The Balaban J connectivity index is 1.60. The van der Waals surface area contributed by atoms with Gasteiger partial charge in [-0.1, -0.05) is 19.1 Å². The average molecular weight is 399 g/mol. The molecule has 1 saturated carbocycles. The lowest BCUT2D eigenvalue weighted by Gasteiger charge is -2.22. The summed E-state index contributed by atoms with van der Waals surface area (Å²) >= 11 is 0. The maximum Gasteiger partial charge on any atom is 0.359 e. The molecule has 29 heavy (non-hydrogen) atoms. The van der Waals surface area contributed by atoms with E-state index in [1.165, 1.54) is 16.8 Å². The highest BCUT2D eigenvalue weighted by molar-refractivity contribution is 5.89. The number of ether oxygens (including phenoxy) is 2. The Labute approximate surface area is 169 Å². The van der Waals surface area contributed by atoms with Gasteiger partial charge in [0, 0.05) is 25.2 Å². The van der Waals surface area contributed by atoms with Crippen LogP contribution in [-0.2, 0) is 22.6 Å². The van der Waals surface area contributed by atoms with Gasteiger partial charge in [-0.05, 0) is 43.0 Å². The summed E-state index contributed by atoms with van der Waals surface area (Å²) < 4.78 is 11.5. The first-order chi connectivity index (χ1) is 14.0. The molecule has 3 rings (SSSR count). The van der Waals surface area contributed by atoms with E-state index in [4.69, 9.17) is 9.47 Å². The van der Waals surface area contributed by atoms with Gasteiger partial charge in [-0.3, -0.25) is 9.59 Å². The van der Waals surface area contributed by atoms with Crippen LogP contribution in [0.5, 0.6) is 5.75 Å². The number of hydrogen-bond acceptors (Lipinski definition) is 6. The largest absolute Gasteiger partial charge is 0.497 e. The van der Waals surface area contributed by atoms with Crippen LogP contribution in [0.3, 0.4) is 0 Å². The van der Waals surface area contributed by atoms with E-state index in [1.807, 2.05) is 31.2 Å². The molecular formula is C21H25N3O5. The number of aromatic nitrogens is 2. The number of carbonyl (C=O) groups excluding carboxylic acids is 2. The number of amides is 1. The molecular weight excluding hydrogens is 374 g/mol. The van der Waals surface area contributed by atoms with Gasteiger partial charge in [0.2, 0.25) is 0 Å². The third kappa shape index (κ3) is 5.43. The van der Waals surface area contributed by atoms with Gasteiger partial charge in [-0.2, -0.15) is 5.10 Å². The Morgan fingerprint density at radius 3 is 2.52 bits per heavy atom. The quantitative estimate of drug-likeness (QED) is 0.599. The van der Waals surface area contributed by atoms with Crippen LogP contribution in [0.4, 0.5) is 0 Å². The topological polar surface area (TPSA) is 90.7 Å². The lowest BCUT2D eigenvalue weighted by molar-refractivity contribution is -0.135. The molecule has 0 unspecified atom stereocenters. The predicted octanol–water partition coefficient (Wildman–Crippen LogP) is 2.01. The average Bonchev–Trinajstić information content (AvgIpc) is 3.57. The second-order valence-corrected chi connectivity index (χ2v) is 6.96. The molecule has 1 aromatic heterocycles. The van der Waals surface area contributed by atoms with Crippen molar-refractivity contribution in [3.63, 3.8) is 0 Å². The second kappa shape index (κ2) is 9.36. The third-order valence-electron chi connectivity index (χ3n) is 4.66. The summed E-state index contributed by atoms with van der Waals surface area (Å²) in [6.07, 6.45) is 2.60. The van der Waals surface area contributed by atoms with Crippen LogP contribution in [0.1, 0.15) is 42.2 Å². The molecule has 1 aliphatic rings. The Kier molecular flexibility index (Phi) is 6.64. The van der Waals surface area contributed by atoms with E-state index in [0.717, 1.165) is 24.2 Å². The molecule has 8 nitrogen and oxygen atoms in total. The van der Waals surface area contributed by atoms with Crippen molar-refractivity contribution in [3.05, 3.63) is 58.0 Å². The van der Waals surface area contributed by atoms with E-state index in [1.54, 1.807) is 12.0 Å². The summed E-state index contributed by atoms with van der Waals surface area (Å²) in [5, 5.41) is 4.01. The van der Waals surface area contributed by atoms with Gasteiger partial charge >= 0.3 is 5.97 Å². The summed E-state index contributed by atoms with van der Waals surface area (Å²) in [6, 6.07) is 10.3.